The van der Waals surface area contributed by atoms with E-state index in [1.807, 2.05) is 31.2 Å². The Labute approximate surface area is 153 Å². The summed E-state index contributed by atoms with van der Waals surface area (Å²) in [5, 5.41) is 2.88. The zero-order chi connectivity index (χ0) is 18.7. The highest BCUT2D eigenvalue weighted by Crippen LogP contribution is 2.33. The van der Waals surface area contributed by atoms with E-state index in [1.54, 1.807) is 24.3 Å². The van der Waals surface area contributed by atoms with Crippen LogP contribution in [-0.2, 0) is 21.4 Å². The van der Waals surface area contributed by atoms with Crippen LogP contribution in [0.3, 0.4) is 0 Å². The van der Waals surface area contributed by atoms with Gasteiger partial charge < -0.3 is 10.1 Å². The molecule has 7 heteroatoms. The van der Waals surface area contributed by atoms with Gasteiger partial charge in [0.1, 0.15) is 5.75 Å². The van der Waals surface area contributed by atoms with Crippen LogP contribution in [0.15, 0.2) is 48.5 Å². The first-order valence-corrected chi connectivity index (χ1v) is 10.3. The number of hydrogen-bond acceptors (Lipinski definition) is 4. The summed E-state index contributed by atoms with van der Waals surface area (Å²) < 4.78 is 31.3. The highest BCUT2D eigenvalue weighted by molar-refractivity contribution is 7.92. The van der Waals surface area contributed by atoms with E-state index >= 15 is 0 Å². The van der Waals surface area contributed by atoms with Crippen molar-refractivity contribution >= 4 is 21.6 Å². The molecule has 0 unspecified atom stereocenters. The van der Waals surface area contributed by atoms with Gasteiger partial charge in [-0.15, -0.1) is 0 Å². The smallest absolute Gasteiger partial charge is 0.261 e. The molecule has 1 N–H and O–H groups in total. The topological polar surface area (TPSA) is 75.7 Å². The minimum atomic E-state index is -3.45. The Morgan fingerprint density at radius 1 is 1.23 bits per heavy atom. The highest BCUT2D eigenvalue weighted by Gasteiger charge is 2.30. The zero-order valence-corrected chi connectivity index (χ0v) is 15.6. The van der Waals surface area contributed by atoms with Crippen molar-refractivity contribution in [3.63, 3.8) is 0 Å². The maximum Gasteiger partial charge on any atom is 0.261 e. The van der Waals surface area contributed by atoms with Gasteiger partial charge in [-0.2, -0.15) is 0 Å². The molecule has 1 amide bonds. The number of rotatable bonds is 4. The molecule has 1 heterocycles. The average molecular weight is 374 g/mol. The Kier molecular flexibility index (Phi) is 5.18. The molecule has 1 aliphatic rings. The fourth-order valence-electron chi connectivity index (χ4n) is 2.98. The lowest BCUT2D eigenvalue weighted by Crippen LogP contribution is -2.39. The Morgan fingerprint density at radius 3 is 2.73 bits per heavy atom. The van der Waals surface area contributed by atoms with Crippen molar-refractivity contribution in [3.05, 3.63) is 59.7 Å². The van der Waals surface area contributed by atoms with Crippen LogP contribution in [0.2, 0.25) is 0 Å². The molecule has 3 rings (SSSR count). The number of aryl methyl sites for hydroxylation is 1. The molecule has 2 aromatic carbocycles. The van der Waals surface area contributed by atoms with Crippen LogP contribution in [0.4, 0.5) is 5.69 Å². The number of para-hydroxylation sites is 2. The molecule has 0 saturated carbocycles. The second kappa shape index (κ2) is 7.37. The molecule has 0 fully saturated rings. The van der Waals surface area contributed by atoms with Crippen LogP contribution in [0.25, 0.3) is 0 Å². The van der Waals surface area contributed by atoms with E-state index in [1.165, 1.54) is 4.31 Å². The summed E-state index contributed by atoms with van der Waals surface area (Å²) in [5.74, 6) is 0.141. The van der Waals surface area contributed by atoms with Gasteiger partial charge in [-0.25, -0.2) is 8.42 Å². The van der Waals surface area contributed by atoms with Gasteiger partial charge in [0.2, 0.25) is 10.0 Å². The lowest BCUT2D eigenvalue weighted by atomic mass is 10.1. The van der Waals surface area contributed by atoms with Crippen molar-refractivity contribution in [1.82, 2.24) is 5.32 Å². The van der Waals surface area contributed by atoms with Gasteiger partial charge in [-0.05, 0) is 24.6 Å². The summed E-state index contributed by atoms with van der Waals surface area (Å²) in [7, 11) is -3.45. The normalized spacial score (nSPS) is 17.0. The predicted molar refractivity (Wildman–Crippen MR) is 101 cm³/mol. The van der Waals surface area contributed by atoms with E-state index < -0.39 is 16.1 Å². The second-order valence-corrected chi connectivity index (χ2v) is 8.31. The van der Waals surface area contributed by atoms with Crippen molar-refractivity contribution in [2.24, 2.45) is 0 Å². The molecule has 1 atom stereocenters. The molecule has 2 aromatic rings. The third-order valence-electron chi connectivity index (χ3n) is 4.24. The van der Waals surface area contributed by atoms with Crippen molar-refractivity contribution in [1.29, 1.82) is 0 Å². The lowest BCUT2D eigenvalue weighted by molar-refractivity contribution is -0.128. The van der Waals surface area contributed by atoms with Crippen LogP contribution >= 0.6 is 0 Å². The quantitative estimate of drug-likeness (QED) is 0.890. The first-order chi connectivity index (χ1) is 12.3. The van der Waals surface area contributed by atoms with E-state index in [4.69, 9.17) is 4.74 Å². The number of hydrogen-bond donors (Lipinski definition) is 1. The Bertz CT molecular complexity index is 911. The summed E-state index contributed by atoms with van der Waals surface area (Å²) >= 11 is 0. The molecular weight excluding hydrogens is 352 g/mol. The summed E-state index contributed by atoms with van der Waals surface area (Å²) in [6.07, 6.45) is 0.691. The van der Waals surface area contributed by atoms with Crippen LogP contribution in [-0.4, -0.2) is 33.2 Å². The molecule has 0 aliphatic carbocycles. The minimum Gasteiger partial charge on any atom is -0.478 e. The van der Waals surface area contributed by atoms with Gasteiger partial charge in [0.05, 0.1) is 11.9 Å². The fourth-order valence-corrected chi connectivity index (χ4v) is 3.93. The van der Waals surface area contributed by atoms with Crippen LogP contribution in [0.1, 0.15) is 17.5 Å². The summed E-state index contributed by atoms with van der Waals surface area (Å²) in [6, 6.07) is 14.8. The highest BCUT2D eigenvalue weighted by atomic mass is 32.2. The van der Waals surface area contributed by atoms with E-state index in [2.05, 4.69) is 5.32 Å². The number of ether oxygens (including phenoxy) is 1. The van der Waals surface area contributed by atoms with E-state index in [9.17, 15) is 13.2 Å². The van der Waals surface area contributed by atoms with Gasteiger partial charge in [0.25, 0.3) is 5.91 Å². The fraction of sp³-hybridized carbons (Fsp3) is 0.316. The van der Waals surface area contributed by atoms with Gasteiger partial charge in [0, 0.05) is 19.5 Å². The van der Waals surface area contributed by atoms with Crippen molar-refractivity contribution < 1.29 is 17.9 Å². The Balaban J connectivity index is 1.75. The monoisotopic (exact) mass is 374 g/mol. The van der Waals surface area contributed by atoms with E-state index in [0.717, 1.165) is 17.4 Å². The maximum atomic E-state index is 12.6. The third-order valence-corrected chi connectivity index (χ3v) is 5.42. The number of sulfonamides is 1. The third kappa shape index (κ3) is 4.16. The number of amides is 1. The number of nitrogens with zero attached hydrogens (tertiary/aromatic N) is 1. The van der Waals surface area contributed by atoms with Gasteiger partial charge >= 0.3 is 0 Å². The first kappa shape index (κ1) is 18.3. The van der Waals surface area contributed by atoms with E-state index in [-0.39, 0.29) is 18.9 Å². The Hall–Kier alpha value is -2.54. The van der Waals surface area contributed by atoms with Crippen molar-refractivity contribution in [3.8, 4) is 5.75 Å². The van der Waals surface area contributed by atoms with Gasteiger partial charge in [-0.1, -0.05) is 42.0 Å². The van der Waals surface area contributed by atoms with Gasteiger partial charge in [-0.3, -0.25) is 9.10 Å². The number of nitrogens with one attached hydrogen (secondary N) is 1. The second-order valence-electron chi connectivity index (χ2n) is 6.40. The van der Waals surface area contributed by atoms with Crippen molar-refractivity contribution in [2.45, 2.75) is 26.0 Å². The molecule has 138 valence electrons. The molecule has 0 aromatic heterocycles. The number of anilines is 1. The van der Waals surface area contributed by atoms with Crippen LogP contribution < -0.4 is 14.4 Å². The average Bonchev–Trinajstić information content (AvgIpc) is 2.79. The Morgan fingerprint density at radius 2 is 2.00 bits per heavy atom. The zero-order valence-electron chi connectivity index (χ0n) is 14.8. The molecular formula is C19H22N2O4S. The number of benzene rings is 2. The minimum absolute atomic E-state index is 0.193. The number of carbonyl (C=O) groups is 1. The molecule has 0 spiro atoms. The first-order valence-electron chi connectivity index (χ1n) is 8.41. The molecule has 0 saturated heterocycles. The summed E-state index contributed by atoms with van der Waals surface area (Å²) in [5.41, 5.74) is 2.59. The maximum absolute atomic E-state index is 12.6. The standard InChI is InChI=1S/C19H22N2O4S/c1-14-6-5-7-15(12-14)13-20-19(22)18-10-11-21(26(2,23)24)16-8-3-4-9-17(16)25-18/h3-9,12,18H,10-11,13H2,1-2H3,(H,20,22)/t18-/m0/s1. The summed E-state index contributed by atoms with van der Waals surface area (Å²) in [6.45, 7) is 2.59. The van der Waals surface area contributed by atoms with Crippen LogP contribution in [0, 0.1) is 6.92 Å². The molecule has 1 aliphatic heterocycles. The summed E-state index contributed by atoms with van der Waals surface area (Å²) in [4.78, 5) is 12.6. The molecule has 0 radical (unpaired) electrons. The lowest BCUT2D eigenvalue weighted by Gasteiger charge is -2.20. The van der Waals surface area contributed by atoms with Gasteiger partial charge in [0.15, 0.2) is 6.10 Å². The van der Waals surface area contributed by atoms with E-state index in [0.29, 0.717) is 18.0 Å². The van der Waals surface area contributed by atoms with Crippen LogP contribution in [0.5, 0.6) is 5.75 Å². The predicted octanol–water partition coefficient (Wildman–Crippen LogP) is 2.23. The largest absolute Gasteiger partial charge is 0.478 e. The van der Waals surface area contributed by atoms with Crippen molar-refractivity contribution in [2.75, 3.05) is 17.1 Å². The molecule has 0 bridgehead atoms. The molecule has 6 nitrogen and oxygen atoms in total. The number of carbonyl (C=O) groups excluding carboxylic acids is 1. The molecule has 26 heavy (non-hydrogen) atoms. The SMILES string of the molecule is Cc1cccc(CNC(=O)[C@@H]2CCN(S(C)(=O)=O)c3ccccc3O2)c1. The number of fused-ring (bicyclic) bond motifs is 1.